The molecule has 0 spiro atoms. The predicted molar refractivity (Wildman–Crippen MR) is 109 cm³/mol. The van der Waals surface area contributed by atoms with Gasteiger partial charge in [0.25, 0.3) is 0 Å². The monoisotopic (exact) mass is 403 g/mol. The molecule has 1 atom stereocenters. The van der Waals surface area contributed by atoms with Crippen molar-refractivity contribution in [3.8, 4) is 0 Å². The van der Waals surface area contributed by atoms with Gasteiger partial charge in [-0.15, -0.1) is 0 Å². The Morgan fingerprint density at radius 1 is 1.10 bits per heavy atom. The number of piperidine rings is 1. The maximum Gasteiger partial charge on any atom is 0.224 e. The van der Waals surface area contributed by atoms with Crippen LogP contribution in [0.15, 0.2) is 6.07 Å². The Labute approximate surface area is 172 Å². The van der Waals surface area contributed by atoms with E-state index in [4.69, 9.17) is 0 Å². The number of carbonyl (C=O) groups is 3. The SMILES string of the molecule is Cc1cc(C)n(CCCNC(=O)[C@H]2CCC(=O)N(CCCN3CCCC3=O)C2)n1. The van der Waals surface area contributed by atoms with Crippen LogP contribution < -0.4 is 5.32 Å². The minimum atomic E-state index is -0.144. The second-order valence-electron chi connectivity index (χ2n) is 8.21. The average molecular weight is 404 g/mol. The van der Waals surface area contributed by atoms with Crippen LogP contribution in [0, 0.1) is 19.8 Å². The molecule has 2 aliphatic heterocycles. The van der Waals surface area contributed by atoms with Crippen molar-refractivity contribution in [3.63, 3.8) is 0 Å². The molecule has 2 saturated heterocycles. The van der Waals surface area contributed by atoms with Crippen molar-refractivity contribution < 1.29 is 14.4 Å². The van der Waals surface area contributed by atoms with Crippen LogP contribution in [-0.4, -0.2) is 70.0 Å². The molecule has 0 saturated carbocycles. The van der Waals surface area contributed by atoms with Gasteiger partial charge in [0.2, 0.25) is 17.7 Å². The molecule has 3 heterocycles. The lowest BCUT2D eigenvalue weighted by Gasteiger charge is -2.32. The van der Waals surface area contributed by atoms with Gasteiger partial charge in [-0.1, -0.05) is 0 Å². The molecule has 2 aliphatic rings. The third kappa shape index (κ3) is 5.81. The van der Waals surface area contributed by atoms with E-state index in [1.165, 1.54) is 0 Å². The van der Waals surface area contributed by atoms with Crippen LogP contribution in [0.4, 0.5) is 0 Å². The Morgan fingerprint density at radius 3 is 2.55 bits per heavy atom. The third-order valence-corrected chi connectivity index (χ3v) is 5.85. The molecule has 0 unspecified atom stereocenters. The molecule has 3 amide bonds. The van der Waals surface area contributed by atoms with E-state index in [0.29, 0.717) is 45.4 Å². The van der Waals surface area contributed by atoms with E-state index in [1.807, 2.05) is 29.5 Å². The van der Waals surface area contributed by atoms with Gasteiger partial charge in [-0.05, 0) is 45.6 Å². The van der Waals surface area contributed by atoms with Gasteiger partial charge in [0.15, 0.2) is 0 Å². The van der Waals surface area contributed by atoms with E-state index in [-0.39, 0.29) is 23.6 Å². The summed E-state index contributed by atoms with van der Waals surface area (Å²) < 4.78 is 1.97. The summed E-state index contributed by atoms with van der Waals surface area (Å²) in [6.45, 7) is 8.03. The zero-order chi connectivity index (χ0) is 20.8. The van der Waals surface area contributed by atoms with Crippen LogP contribution in [0.3, 0.4) is 0 Å². The average Bonchev–Trinajstić information content (AvgIpc) is 3.24. The number of aromatic nitrogens is 2. The van der Waals surface area contributed by atoms with Gasteiger partial charge in [0, 0.05) is 57.8 Å². The quantitative estimate of drug-likeness (QED) is 0.629. The molecule has 0 bridgehead atoms. The van der Waals surface area contributed by atoms with E-state index < -0.39 is 0 Å². The number of hydrogen-bond donors (Lipinski definition) is 1. The van der Waals surface area contributed by atoms with Crippen LogP contribution in [0.2, 0.25) is 0 Å². The van der Waals surface area contributed by atoms with Gasteiger partial charge in [-0.25, -0.2) is 0 Å². The van der Waals surface area contributed by atoms with Crippen molar-refractivity contribution in [1.82, 2.24) is 24.9 Å². The van der Waals surface area contributed by atoms with Gasteiger partial charge < -0.3 is 15.1 Å². The van der Waals surface area contributed by atoms with E-state index in [9.17, 15) is 14.4 Å². The first-order valence-electron chi connectivity index (χ1n) is 10.8. The summed E-state index contributed by atoms with van der Waals surface area (Å²) in [6, 6.07) is 2.05. The molecule has 0 radical (unpaired) electrons. The van der Waals surface area contributed by atoms with E-state index >= 15 is 0 Å². The van der Waals surface area contributed by atoms with Gasteiger partial charge in [0.05, 0.1) is 11.6 Å². The van der Waals surface area contributed by atoms with Crippen molar-refractivity contribution >= 4 is 17.7 Å². The summed E-state index contributed by atoms with van der Waals surface area (Å²) in [5.74, 6) is 0.222. The zero-order valence-electron chi connectivity index (χ0n) is 17.7. The van der Waals surface area contributed by atoms with E-state index in [2.05, 4.69) is 10.4 Å². The number of rotatable bonds is 9. The Hall–Kier alpha value is -2.38. The lowest BCUT2D eigenvalue weighted by atomic mass is 9.96. The number of likely N-dealkylation sites (tertiary alicyclic amines) is 2. The second kappa shape index (κ2) is 9.89. The fourth-order valence-electron chi connectivity index (χ4n) is 4.22. The third-order valence-electron chi connectivity index (χ3n) is 5.85. The Bertz CT molecular complexity index is 745. The van der Waals surface area contributed by atoms with Crippen molar-refractivity contribution in [2.24, 2.45) is 5.92 Å². The number of amides is 3. The highest BCUT2D eigenvalue weighted by atomic mass is 16.2. The standard InChI is InChI=1S/C21H33N5O3/c1-16-14-17(2)26(23-16)13-4-9-22-21(29)18-7-8-20(28)25(15-18)12-5-11-24-10-3-6-19(24)27/h14,18H,3-13,15H2,1-2H3,(H,22,29)/t18-/m0/s1. The maximum atomic E-state index is 12.5. The van der Waals surface area contributed by atoms with Crippen molar-refractivity contribution in [2.45, 2.75) is 58.9 Å². The molecule has 29 heavy (non-hydrogen) atoms. The van der Waals surface area contributed by atoms with Crippen molar-refractivity contribution in [3.05, 3.63) is 17.5 Å². The number of hydrogen-bond acceptors (Lipinski definition) is 4. The Kier molecular flexibility index (Phi) is 7.28. The highest BCUT2D eigenvalue weighted by molar-refractivity contribution is 5.83. The summed E-state index contributed by atoms with van der Waals surface area (Å²) >= 11 is 0. The molecule has 1 N–H and O–H groups in total. The topological polar surface area (TPSA) is 87.5 Å². The maximum absolute atomic E-state index is 12.5. The van der Waals surface area contributed by atoms with Gasteiger partial charge in [0.1, 0.15) is 0 Å². The van der Waals surface area contributed by atoms with Crippen LogP contribution in [0.1, 0.15) is 49.9 Å². The van der Waals surface area contributed by atoms with E-state index in [1.54, 1.807) is 4.90 Å². The summed E-state index contributed by atoms with van der Waals surface area (Å²) in [4.78, 5) is 40.1. The molecule has 3 rings (SSSR count). The molecule has 0 aliphatic carbocycles. The zero-order valence-corrected chi connectivity index (χ0v) is 17.7. The number of carbonyl (C=O) groups excluding carboxylic acids is 3. The normalized spacial score (nSPS) is 19.9. The molecule has 8 nitrogen and oxygen atoms in total. The summed E-state index contributed by atoms with van der Waals surface area (Å²) in [5, 5.41) is 7.45. The molecule has 1 aromatic heterocycles. The highest BCUT2D eigenvalue weighted by Gasteiger charge is 2.30. The smallest absolute Gasteiger partial charge is 0.224 e. The molecule has 1 aromatic rings. The molecular weight excluding hydrogens is 370 g/mol. The lowest BCUT2D eigenvalue weighted by Crippen LogP contribution is -2.46. The first kappa shape index (κ1) is 21.3. The Balaban J connectivity index is 1.37. The van der Waals surface area contributed by atoms with Gasteiger partial charge in [-0.2, -0.15) is 5.10 Å². The summed E-state index contributed by atoms with van der Waals surface area (Å²) in [7, 11) is 0. The van der Waals surface area contributed by atoms with E-state index in [0.717, 1.165) is 43.7 Å². The fraction of sp³-hybridized carbons (Fsp3) is 0.714. The predicted octanol–water partition coefficient (Wildman–Crippen LogP) is 1.26. The van der Waals surface area contributed by atoms with Gasteiger partial charge >= 0.3 is 0 Å². The van der Waals surface area contributed by atoms with Crippen molar-refractivity contribution in [2.75, 3.05) is 32.7 Å². The fourth-order valence-corrected chi connectivity index (χ4v) is 4.22. The number of nitrogens with one attached hydrogen (secondary N) is 1. The molecular formula is C21H33N5O3. The van der Waals surface area contributed by atoms with Crippen molar-refractivity contribution in [1.29, 1.82) is 0 Å². The number of nitrogens with zero attached hydrogens (tertiary/aromatic N) is 4. The van der Waals surface area contributed by atoms with Crippen LogP contribution in [-0.2, 0) is 20.9 Å². The molecule has 8 heteroatoms. The minimum absolute atomic E-state index is 0.0330. The minimum Gasteiger partial charge on any atom is -0.356 e. The van der Waals surface area contributed by atoms with Gasteiger partial charge in [-0.3, -0.25) is 19.1 Å². The molecule has 2 fully saturated rings. The first-order chi connectivity index (χ1) is 13.9. The van der Waals surface area contributed by atoms with Crippen LogP contribution in [0.5, 0.6) is 0 Å². The summed E-state index contributed by atoms with van der Waals surface area (Å²) in [5.41, 5.74) is 2.14. The molecule has 0 aromatic carbocycles. The second-order valence-corrected chi connectivity index (χ2v) is 8.21. The number of aryl methyl sites for hydroxylation is 3. The molecule has 160 valence electrons. The Morgan fingerprint density at radius 2 is 1.86 bits per heavy atom. The lowest BCUT2D eigenvalue weighted by molar-refractivity contribution is -0.138. The first-order valence-corrected chi connectivity index (χ1v) is 10.8. The van der Waals surface area contributed by atoms with Crippen LogP contribution in [0.25, 0.3) is 0 Å². The van der Waals surface area contributed by atoms with Crippen LogP contribution >= 0.6 is 0 Å². The largest absolute Gasteiger partial charge is 0.356 e. The summed E-state index contributed by atoms with van der Waals surface area (Å²) in [6.07, 6.45) is 4.21. The highest BCUT2D eigenvalue weighted by Crippen LogP contribution is 2.19.